The summed E-state index contributed by atoms with van der Waals surface area (Å²) in [5, 5.41) is 23.5. The first-order chi connectivity index (χ1) is 16.3. The highest BCUT2D eigenvalue weighted by Gasteiger charge is 2.44. The van der Waals surface area contributed by atoms with E-state index in [9.17, 15) is 24.5 Å². The van der Waals surface area contributed by atoms with Gasteiger partial charge in [0.25, 0.3) is 0 Å². The van der Waals surface area contributed by atoms with Gasteiger partial charge in [-0.3, -0.25) is 14.3 Å². The van der Waals surface area contributed by atoms with E-state index in [2.05, 4.69) is 15.1 Å². The lowest BCUT2D eigenvalue weighted by Crippen LogP contribution is -2.38. The molecule has 0 aliphatic heterocycles. The van der Waals surface area contributed by atoms with E-state index in [1.165, 1.54) is 7.11 Å². The van der Waals surface area contributed by atoms with E-state index in [0.29, 0.717) is 11.9 Å². The third kappa shape index (κ3) is 5.35. The van der Waals surface area contributed by atoms with Crippen LogP contribution in [0.25, 0.3) is 11.0 Å². The summed E-state index contributed by atoms with van der Waals surface area (Å²) in [6.45, 7) is -0.303. The summed E-state index contributed by atoms with van der Waals surface area (Å²) in [5.74, 6) is -1.33. The molecule has 34 heavy (non-hydrogen) atoms. The molecule has 6 atom stereocenters. The van der Waals surface area contributed by atoms with E-state index in [4.69, 9.17) is 9.26 Å². The number of rotatable bonds is 9. The van der Waals surface area contributed by atoms with Crippen molar-refractivity contribution in [3.05, 3.63) is 60.7 Å². The summed E-state index contributed by atoms with van der Waals surface area (Å²) in [5.41, 5.74) is 2.18. The number of methoxy groups -OCH3 is 1. The normalized spacial score (nSPS) is 25.2. The van der Waals surface area contributed by atoms with Crippen molar-refractivity contribution in [2.24, 2.45) is 5.92 Å². The molecule has 1 fully saturated rings. The Morgan fingerprint density at radius 1 is 1.26 bits per heavy atom. The molecule has 0 amide bonds. The molecule has 0 bridgehead atoms. The van der Waals surface area contributed by atoms with Crippen molar-refractivity contribution in [1.29, 1.82) is 0 Å². The Morgan fingerprint density at radius 3 is 2.76 bits per heavy atom. The second kappa shape index (κ2) is 10.3. The van der Waals surface area contributed by atoms with Crippen LogP contribution in [0.2, 0.25) is 0 Å². The van der Waals surface area contributed by atoms with Crippen LogP contribution >= 0.6 is 7.75 Å². The SMILES string of the molecule is COC(=O)[C@H](Cc1ccccc1)NP(=O)(O)OC[C@H]1C[C@@H](n2cnc3cnccc32)[C@H](O)[C@@H]1O. The van der Waals surface area contributed by atoms with Crippen LogP contribution in [0.5, 0.6) is 0 Å². The highest BCUT2D eigenvalue weighted by Crippen LogP contribution is 2.43. The maximum absolute atomic E-state index is 12.7. The van der Waals surface area contributed by atoms with Gasteiger partial charge in [-0.1, -0.05) is 30.3 Å². The second-order valence-electron chi connectivity index (χ2n) is 8.27. The van der Waals surface area contributed by atoms with Crippen molar-refractivity contribution in [2.45, 2.75) is 37.1 Å². The van der Waals surface area contributed by atoms with Crippen LogP contribution in [0.1, 0.15) is 18.0 Å². The average molecular weight is 490 g/mol. The molecule has 1 aromatic carbocycles. The summed E-state index contributed by atoms with van der Waals surface area (Å²) >= 11 is 0. The lowest BCUT2D eigenvalue weighted by atomic mass is 10.1. The second-order valence-corrected chi connectivity index (χ2v) is 9.83. The molecule has 0 radical (unpaired) electrons. The molecule has 12 heteroatoms. The quantitative estimate of drug-likeness (QED) is 0.254. The van der Waals surface area contributed by atoms with Gasteiger partial charge in [-0.05, 0) is 24.5 Å². The van der Waals surface area contributed by atoms with Gasteiger partial charge in [-0.25, -0.2) is 14.6 Å². The topological polar surface area (TPSA) is 156 Å². The predicted octanol–water partition coefficient (Wildman–Crippen LogP) is 1.20. The number of aromatic nitrogens is 3. The molecule has 11 nitrogen and oxygen atoms in total. The van der Waals surface area contributed by atoms with Crippen molar-refractivity contribution in [3.8, 4) is 0 Å². The fourth-order valence-electron chi connectivity index (χ4n) is 4.29. The Morgan fingerprint density at radius 2 is 2.03 bits per heavy atom. The highest BCUT2D eigenvalue weighted by molar-refractivity contribution is 7.50. The van der Waals surface area contributed by atoms with Crippen molar-refractivity contribution in [2.75, 3.05) is 13.7 Å². The fraction of sp³-hybridized carbons (Fsp3) is 0.409. The van der Waals surface area contributed by atoms with Gasteiger partial charge in [0.15, 0.2) is 0 Å². The smallest absolute Gasteiger partial charge is 0.403 e. The molecule has 182 valence electrons. The number of hydrogen-bond donors (Lipinski definition) is 4. The Bertz CT molecular complexity index is 1170. The molecule has 1 unspecified atom stereocenters. The first kappa shape index (κ1) is 24.5. The van der Waals surface area contributed by atoms with Crippen LogP contribution in [0.4, 0.5) is 0 Å². The molecule has 2 heterocycles. The lowest BCUT2D eigenvalue weighted by molar-refractivity contribution is -0.142. The number of pyridine rings is 1. The summed E-state index contributed by atoms with van der Waals surface area (Å²) in [6, 6.07) is 9.13. The van der Waals surface area contributed by atoms with E-state index in [0.717, 1.165) is 11.1 Å². The standard InChI is InChI=1S/C22H27N4O7P/c1-32-22(29)16(9-14-5-3-2-4-6-14)25-34(30,31)33-12-15-10-19(21(28)20(15)27)26-13-24-17-11-23-8-7-18(17)26/h2-8,11,13,15-16,19-21,27-28H,9-10,12H2,1H3,(H2,25,30,31)/t15-,16+,19-,20-,21+/m1/s1. The van der Waals surface area contributed by atoms with Crippen molar-refractivity contribution in [1.82, 2.24) is 19.6 Å². The molecule has 4 rings (SSSR count). The predicted molar refractivity (Wildman–Crippen MR) is 122 cm³/mol. The van der Waals surface area contributed by atoms with E-state index in [1.54, 1.807) is 53.6 Å². The number of nitrogens with zero attached hydrogens (tertiary/aromatic N) is 3. The van der Waals surface area contributed by atoms with E-state index in [1.807, 2.05) is 6.07 Å². The fourth-order valence-corrected chi connectivity index (χ4v) is 5.35. The number of aliphatic hydroxyl groups excluding tert-OH is 2. The molecule has 1 aliphatic carbocycles. The Labute approximate surface area is 196 Å². The number of fused-ring (bicyclic) bond motifs is 1. The maximum atomic E-state index is 12.7. The number of benzene rings is 1. The summed E-state index contributed by atoms with van der Waals surface area (Å²) < 4.78 is 24.5. The molecule has 0 saturated heterocycles. The van der Waals surface area contributed by atoms with Gasteiger partial charge in [0.1, 0.15) is 17.7 Å². The van der Waals surface area contributed by atoms with Crippen molar-refractivity contribution < 1.29 is 33.7 Å². The number of carbonyl (C=O) groups is 1. The summed E-state index contributed by atoms with van der Waals surface area (Å²) in [4.78, 5) is 30.8. The third-order valence-electron chi connectivity index (χ3n) is 6.06. The number of esters is 1. The summed E-state index contributed by atoms with van der Waals surface area (Å²) in [6.07, 6.45) is 2.90. The largest absolute Gasteiger partial charge is 0.468 e. The van der Waals surface area contributed by atoms with Gasteiger partial charge < -0.3 is 24.4 Å². The number of hydrogen-bond acceptors (Lipinski definition) is 8. The average Bonchev–Trinajstić information content (AvgIpc) is 3.38. The van der Waals surface area contributed by atoms with Gasteiger partial charge >= 0.3 is 13.7 Å². The van der Waals surface area contributed by atoms with Crippen LogP contribution in [0, 0.1) is 5.92 Å². The first-order valence-corrected chi connectivity index (χ1v) is 12.4. The molecule has 0 spiro atoms. The van der Waals surface area contributed by atoms with Gasteiger partial charge in [0.2, 0.25) is 0 Å². The molecule has 3 aromatic rings. The van der Waals surface area contributed by atoms with Gasteiger partial charge in [0, 0.05) is 12.1 Å². The lowest BCUT2D eigenvalue weighted by Gasteiger charge is -2.22. The molecule has 1 aliphatic rings. The monoisotopic (exact) mass is 490 g/mol. The minimum atomic E-state index is -4.44. The van der Waals surface area contributed by atoms with Gasteiger partial charge in [-0.2, -0.15) is 0 Å². The van der Waals surface area contributed by atoms with E-state index in [-0.39, 0.29) is 13.0 Å². The molecular weight excluding hydrogens is 463 g/mol. The Balaban J connectivity index is 1.41. The molecule has 2 aromatic heterocycles. The Kier molecular flexibility index (Phi) is 7.42. The number of nitrogens with one attached hydrogen (secondary N) is 1. The molecule has 1 saturated carbocycles. The Hall–Kier alpha value is -2.66. The minimum absolute atomic E-state index is 0.122. The number of aliphatic hydroxyl groups is 2. The van der Waals surface area contributed by atoms with Crippen LogP contribution in [-0.4, -0.2) is 67.6 Å². The zero-order valence-corrected chi connectivity index (χ0v) is 19.4. The van der Waals surface area contributed by atoms with Crippen molar-refractivity contribution >= 4 is 24.7 Å². The van der Waals surface area contributed by atoms with Crippen LogP contribution in [0.15, 0.2) is 55.1 Å². The molecule has 4 N–H and O–H groups in total. The van der Waals surface area contributed by atoms with E-state index >= 15 is 0 Å². The molecular formula is C22H27N4O7P. The maximum Gasteiger partial charge on any atom is 0.403 e. The highest BCUT2D eigenvalue weighted by atomic mass is 31.2. The van der Waals surface area contributed by atoms with E-state index < -0.39 is 43.9 Å². The number of imidazole rings is 1. The van der Waals surface area contributed by atoms with Gasteiger partial charge in [0.05, 0.1) is 43.9 Å². The third-order valence-corrected chi connectivity index (χ3v) is 7.19. The summed E-state index contributed by atoms with van der Waals surface area (Å²) in [7, 11) is -3.25. The number of carbonyl (C=O) groups excluding carboxylic acids is 1. The first-order valence-electron chi connectivity index (χ1n) is 10.8. The zero-order chi connectivity index (χ0) is 24.3. The zero-order valence-electron chi connectivity index (χ0n) is 18.5. The van der Waals surface area contributed by atoms with Crippen LogP contribution < -0.4 is 5.09 Å². The minimum Gasteiger partial charge on any atom is -0.468 e. The number of ether oxygens (including phenoxy) is 1. The van der Waals surface area contributed by atoms with Crippen LogP contribution in [0.3, 0.4) is 0 Å². The van der Waals surface area contributed by atoms with Crippen LogP contribution in [-0.2, 0) is 25.0 Å². The van der Waals surface area contributed by atoms with Crippen molar-refractivity contribution in [3.63, 3.8) is 0 Å². The van der Waals surface area contributed by atoms with Gasteiger partial charge in [-0.15, -0.1) is 0 Å².